The third-order valence-corrected chi connectivity index (χ3v) is 1.68. The van der Waals surface area contributed by atoms with Crippen molar-refractivity contribution in [1.29, 1.82) is 0 Å². The van der Waals surface area contributed by atoms with Crippen LogP contribution in [0.1, 0.15) is 23.0 Å². The summed E-state index contributed by atoms with van der Waals surface area (Å²) in [5.41, 5.74) is 1.44. The second-order valence-electron chi connectivity index (χ2n) is 2.72. The van der Waals surface area contributed by atoms with Gasteiger partial charge in [0.25, 0.3) is 0 Å². The number of hydrogen-bond acceptors (Lipinski definition) is 2. The average Bonchev–Trinajstić information content (AvgIpc) is 2.65. The number of aldehydes is 1. The van der Waals surface area contributed by atoms with E-state index in [1.165, 1.54) is 6.26 Å². The van der Waals surface area contributed by atoms with E-state index in [1.54, 1.807) is 12.1 Å². The van der Waals surface area contributed by atoms with Gasteiger partial charge in [-0.3, -0.25) is 4.79 Å². The Balaban J connectivity index is 3.04. The second kappa shape index (κ2) is 5.02. The Labute approximate surface area is 83.2 Å². The number of allylic oxidation sites excluding steroid dienone is 5. The van der Waals surface area contributed by atoms with Crippen LogP contribution in [0.15, 0.2) is 47.6 Å². The maximum absolute atomic E-state index is 10.4. The summed E-state index contributed by atoms with van der Waals surface area (Å²) in [5.74, 6) is 0.671. The monoisotopic (exact) mass is 188 g/mol. The molecule has 0 atom stereocenters. The molecule has 0 saturated heterocycles. The zero-order valence-electron chi connectivity index (χ0n) is 8.07. The highest BCUT2D eigenvalue weighted by Crippen LogP contribution is 2.18. The van der Waals surface area contributed by atoms with Gasteiger partial charge in [-0.25, -0.2) is 0 Å². The Bertz CT molecular complexity index is 381. The molecule has 0 spiro atoms. The van der Waals surface area contributed by atoms with Gasteiger partial charge in [-0.2, -0.15) is 0 Å². The number of hydrogen-bond donors (Lipinski definition) is 0. The fourth-order valence-electron chi connectivity index (χ4n) is 1.09. The maximum Gasteiger partial charge on any atom is 0.153 e. The summed E-state index contributed by atoms with van der Waals surface area (Å²) >= 11 is 0. The number of carbonyl (C=O) groups is 1. The minimum Gasteiger partial charge on any atom is -0.464 e. The lowest BCUT2D eigenvalue weighted by molar-refractivity contribution is 0.112. The third-order valence-electron chi connectivity index (χ3n) is 1.68. The molecule has 0 fully saturated rings. The van der Waals surface area contributed by atoms with Gasteiger partial charge in [0.15, 0.2) is 6.29 Å². The van der Waals surface area contributed by atoms with Crippen molar-refractivity contribution < 1.29 is 9.21 Å². The molecule has 0 aliphatic rings. The van der Waals surface area contributed by atoms with Crippen LogP contribution in [0.5, 0.6) is 0 Å². The predicted octanol–water partition coefficient (Wildman–Crippen LogP) is 3.24. The van der Waals surface area contributed by atoms with Gasteiger partial charge in [0.05, 0.1) is 5.56 Å². The van der Waals surface area contributed by atoms with Gasteiger partial charge >= 0.3 is 0 Å². The number of furan rings is 1. The normalized spacial score (nSPS) is 11.9. The van der Waals surface area contributed by atoms with Crippen LogP contribution >= 0.6 is 0 Å². The summed E-state index contributed by atoms with van der Waals surface area (Å²) in [7, 11) is 0. The minimum absolute atomic E-state index is 0.541. The minimum atomic E-state index is 0.541. The van der Waals surface area contributed by atoms with E-state index in [4.69, 9.17) is 4.42 Å². The van der Waals surface area contributed by atoms with Crippen LogP contribution in [0.25, 0.3) is 5.57 Å². The molecule has 1 aromatic rings. The molecule has 0 aromatic carbocycles. The molecule has 0 aliphatic carbocycles. The summed E-state index contributed by atoms with van der Waals surface area (Å²) < 4.78 is 5.22. The van der Waals surface area contributed by atoms with E-state index in [0.717, 1.165) is 11.9 Å². The largest absolute Gasteiger partial charge is 0.464 e. The molecule has 1 aromatic heterocycles. The Morgan fingerprint density at radius 3 is 2.86 bits per heavy atom. The molecule has 14 heavy (non-hydrogen) atoms. The third kappa shape index (κ3) is 2.33. The van der Waals surface area contributed by atoms with E-state index in [0.29, 0.717) is 11.3 Å². The Kier molecular flexibility index (Phi) is 3.68. The molecule has 0 saturated carbocycles. The summed E-state index contributed by atoms with van der Waals surface area (Å²) in [6, 6.07) is 1.70. The Morgan fingerprint density at radius 2 is 2.36 bits per heavy atom. The first-order chi connectivity index (χ1) is 6.81. The Hall–Kier alpha value is -1.83. The molecular weight excluding hydrogens is 176 g/mol. The van der Waals surface area contributed by atoms with Gasteiger partial charge in [0.2, 0.25) is 0 Å². The fourth-order valence-corrected chi connectivity index (χ4v) is 1.09. The molecule has 2 heteroatoms. The van der Waals surface area contributed by atoms with Gasteiger partial charge in [-0.1, -0.05) is 30.9 Å². The van der Waals surface area contributed by atoms with Crippen molar-refractivity contribution in [3.8, 4) is 0 Å². The summed E-state index contributed by atoms with van der Waals surface area (Å²) in [4.78, 5) is 10.4. The van der Waals surface area contributed by atoms with Crippen molar-refractivity contribution in [1.82, 2.24) is 0 Å². The van der Waals surface area contributed by atoms with E-state index in [1.807, 2.05) is 25.2 Å². The van der Waals surface area contributed by atoms with Crippen molar-refractivity contribution in [2.45, 2.75) is 6.92 Å². The molecule has 0 aliphatic heterocycles. The molecule has 1 rings (SSSR count). The van der Waals surface area contributed by atoms with Gasteiger partial charge in [0.1, 0.15) is 12.0 Å². The van der Waals surface area contributed by atoms with Gasteiger partial charge in [-0.15, -0.1) is 0 Å². The topological polar surface area (TPSA) is 30.2 Å². The van der Waals surface area contributed by atoms with Crippen molar-refractivity contribution in [3.05, 3.63) is 54.5 Å². The van der Waals surface area contributed by atoms with E-state index in [9.17, 15) is 4.79 Å². The molecule has 0 amide bonds. The Morgan fingerprint density at radius 1 is 1.57 bits per heavy atom. The molecule has 0 bridgehead atoms. The van der Waals surface area contributed by atoms with E-state index in [2.05, 4.69) is 6.58 Å². The summed E-state index contributed by atoms with van der Waals surface area (Å²) in [5, 5.41) is 0. The molecule has 0 unspecified atom stereocenters. The summed E-state index contributed by atoms with van der Waals surface area (Å²) in [6.07, 6.45) is 9.50. The zero-order chi connectivity index (χ0) is 10.4. The number of carbonyl (C=O) groups excluding carboxylic acids is 1. The highest BCUT2D eigenvalue weighted by molar-refractivity contribution is 5.79. The first kappa shape index (κ1) is 10.3. The van der Waals surface area contributed by atoms with E-state index >= 15 is 0 Å². The first-order valence-corrected chi connectivity index (χ1v) is 4.31. The van der Waals surface area contributed by atoms with Crippen LogP contribution in [0.2, 0.25) is 0 Å². The van der Waals surface area contributed by atoms with Crippen LogP contribution < -0.4 is 0 Å². The van der Waals surface area contributed by atoms with Gasteiger partial charge in [0, 0.05) is 5.57 Å². The van der Waals surface area contributed by atoms with Crippen molar-refractivity contribution in [2.24, 2.45) is 0 Å². The number of rotatable bonds is 4. The van der Waals surface area contributed by atoms with Crippen LogP contribution in [0.4, 0.5) is 0 Å². The van der Waals surface area contributed by atoms with E-state index in [-0.39, 0.29) is 0 Å². The molecule has 2 nitrogen and oxygen atoms in total. The lowest BCUT2D eigenvalue weighted by Crippen LogP contribution is -1.75. The molecule has 72 valence electrons. The molecule has 1 heterocycles. The van der Waals surface area contributed by atoms with Crippen molar-refractivity contribution >= 4 is 11.9 Å². The maximum atomic E-state index is 10.4. The first-order valence-electron chi connectivity index (χ1n) is 4.31. The van der Waals surface area contributed by atoms with Crippen LogP contribution in [-0.2, 0) is 0 Å². The lowest BCUT2D eigenvalue weighted by Gasteiger charge is -1.94. The second-order valence-corrected chi connectivity index (χ2v) is 2.72. The van der Waals surface area contributed by atoms with Crippen molar-refractivity contribution in [2.75, 3.05) is 0 Å². The smallest absolute Gasteiger partial charge is 0.153 e. The average molecular weight is 188 g/mol. The predicted molar refractivity (Wildman–Crippen MR) is 57.1 cm³/mol. The van der Waals surface area contributed by atoms with Gasteiger partial charge in [-0.05, 0) is 13.0 Å². The quantitative estimate of drug-likeness (QED) is 0.536. The molecule has 0 radical (unpaired) electrons. The standard InChI is InChI=1S/C12H12O2/c1-3-5-11(6-4-2)12-7-10(8-13)9-14-12/h3-9H,1H2,2H3/b6-4-,11-5+. The summed E-state index contributed by atoms with van der Waals surface area (Å²) in [6.45, 7) is 5.53. The van der Waals surface area contributed by atoms with E-state index < -0.39 is 0 Å². The molecule has 0 N–H and O–H groups in total. The van der Waals surface area contributed by atoms with Crippen LogP contribution in [-0.4, -0.2) is 6.29 Å². The highest BCUT2D eigenvalue weighted by Gasteiger charge is 2.03. The van der Waals surface area contributed by atoms with Gasteiger partial charge < -0.3 is 4.42 Å². The van der Waals surface area contributed by atoms with Crippen LogP contribution in [0.3, 0.4) is 0 Å². The fraction of sp³-hybridized carbons (Fsp3) is 0.0833. The molecular formula is C12H12O2. The van der Waals surface area contributed by atoms with Crippen LogP contribution in [0, 0.1) is 0 Å². The zero-order valence-corrected chi connectivity index (χ0v) is 8.07. The van der Waals surface area contributed by atoms with Crippen molar-refractivity contribution in [3.63, 3.8) is 0 Å². The lowest BCUT2D eigenvalue weighted by atomic mass is 10.1. The SMILES string of the molecule is C=C/C=C(\C=C/C)c1cc(C=O)co1. The highest BCUT2D eigenvalue weighted by atomic mass is 16.3.